The highest BCUT2D eigenvalue weighted by Gasteiger charge is 2.12. The fraction of sp³-hybridized carbons (Fsp3) is 0.500. The molecule has 0 saturated heterocycles. The predicted molar refractivity (Wildman–Crippen MR) is 63.2 cm³/mol. The Balaban J connectivity index is 2.88. The number of hydrogen-bond acceptors (Lipinski definition) is 5. The van der Waals surface area contributed by atoms with E-state index in [1.165, 1.54) is 6.33 Å². The third kappa shape index (κ3) is 2.82. The summed E-state index contributed by atoms with van der Waals surface area (Å²) in [6.45, 7) is 6.34. The minimum absolute atomic E-state index is 0.414. The number of nitrogens with zero attached hydrogens (tertiary/aromatic N) is 2. The van der Waals surface area contributed by atoms with Crippen molar-refractivity contribution in [3.63, 3.8) is 0 Å². The van der Waals surface area contributed by atoms with Gasteiger partial charge in [0.05, 0.1) is 0 Å². The average Bonchev–Trinajstić information content (AvgIpc) is 2.24. The van der Waals surface area contributed by atoms with E-state index in [0.29, 0.717) is 5.82 Å². The van der Waals surface area contributed by atoms with Crippen molar-refractivity contribution in [3.05, 3.63) is 11.9 Å². The molecule has 0 aliphatic rings. The first-order valence-electron chi connectivity index (χ1n) is 5.17. The smallest absolute Gasteiger partial charge is 0.239 e. The molecule has 1 rings (SSSR count). The second-order valence-electron chi connectivity index (χ2n) is 3.49. The summed E-state index contributed by atoms with van der Waals surface area (Å²) in [5.41, 5.74) is 6.04. The fourth-order valence-electron chi connectivity index (χ4n) is 1.22. The van der Waals surface area contributed by atoms with Gasteiger partial charge in [-0.15, -0.1) is 0 Å². The molecule has 1 atom stereocenters. The number of nitrogens with two attached hydrogens (primary N) is 1. The van der Waals surface area contributed by atoms with Crippen LogP contribution in [0.4, 0.5) is 11.6 Å². The maximum Gasteiger partial charge on any atom is 0.239 e. The van der Waals surface area contributed by atoms with Gasteiger partial charge in [-0.3, -0.25) is 4.79 Å². The molecule has 0 aliphatic carbocycles. The number of carbonyl (C=O) groups is 1. The van der Waals surface area contributed by atoms with Crippen LogP contribution in [0.25, 0.3) is 0 Å². The molecule has 0 aromatic carbocycles. The van der Waals surface area contributed by atoms with Crippen molar-refractivity contribution in [1.82, 2.24) is 9.97 Å². The molecule has 1 aromatic rings. The van der Waals surface area contributed by atoms with Crippen molar-refractivity contribution in [2.75, 3.05) is 17.2 Å². The zero-order valence-electron chi connectivity index (χ0n) is 9.74. The number of rotatable bonds is 5. The van der Waals surface area contributed by atoms with Gasteiger partial charge in [0.1, 0.15) is 24.0 Å². The Morgan fingerprint density at radius 2 is 2.12 bits per heavy atom. The summed E-state index contributed by atoms with van der Waals surface area (Å²) in [4.78, 5) is 19.1. The topological polar surface area (TPSA) is 92.9 Å². The molecule has 0 spiro atoms. The minimum atomic E-state index is -0.455. The fourth-order valence-corrected chi connectivity index (χ4v) is 1.22. The quantitative estimate of drug-likeness (QED) is 0.676. The number of primary amides is 1. The summed E-state index contributed by atoms with van der Waals surface area (Å²) in [5, 5.41) is 6.05. The number of nitrogens with one attached hydrogen (secondary N) is 2. The highest BCUT2D eigenvalue weighted by Crippen LogP contribution is 2.18. The second kappa shape index (κ2) is 5.29. The van der Waals surface area contributed by atoms with E-state index in [-0.39, 0.29) is 0 Å². The number of amides is 1. The Bertz CT molecular complexity index is 379. The monoisotopic (exact) mass is 223 g/mol. The van der Waals surface area contributed by atoms with Crippen molar-refractivity contribution < 1.29 is 4.79 Å². The van der Waals surface area contributed by atoms with Crippen LogP contribution in [0.3, 0.4) is 0 Å². The first-order chi connectivity index (χ1) is 7.56. The molecule has 6 nitrogen and oxygen atoms in total. The molecule has 1 amide bonds. The molecule has 0 aliphatic heterocycles. The molecule has 0 bridgehead atoms. The van der Waals surface area contributed by atoms with Crippen molar-refractivity contribution in [1.29, 1.82) is 0 Å². The molecular formula is C10H17N5O. The third-order valence-electron chi connectivity index (χ3n) is 2.21. The molecule has 0 radical (unpaired) electrons. The maximum absolute atomic E-state index is 10.9. The summed E-state index contributed by atoms with van der Waals surface area (Å²) in [5.74, 6) is 0.969. The van der Waals surface area contributed by atoms with E-state index in [1.807, 2.05) is 13.8 Å². The molecule has 1 heterocycles. The van der Waals surface area contributed by atoms with Crippen LogP contribution in [0.5, 0.6) is 0 Å². The van der Waals surface area contributed by atoms with Gasteiger partial charge in [-0.2, -0.15) is 0 Å². The van der Waals surface area contributed by atoms with E-state index < -0.39 is 11.9 Å². The van der Waals surface area contributed by atoms with Crippen molar-refractivity contribution in [2.45, 2.75) is 26.8 Å². The van der Waals surface area contributed by atoms with Crippen LogP contribution in [0.1, 0.15) is 19.4 Å². The lowest BCUT2D eigenvalue weighted by Gasteiger charge is -2.14. The van der Waals surface area contributed by atoms with Gasteiger partial charge in [0.15, 0.2) is 0 Å². The highest BCUT2D eigenvalue weighted by molar-refractivity contribution is 5.82. The molecule has 6 heteroatoms. The predicted octanol–water partition coefficient (Wildman–Crippen LogP) is 0.503. The van der Waals surface area contributed by atoms with Crippen molar-refractivity contribution >= 4 is 17.5 Å². The van der Waals surface area contributed by atoms with Gasteiger partial charge in [0.2, 0.25) is 5.91 Å². The van der Waals surface area contributed by atoms with E-state index in [2.05, 4.69) is 20.6 Å². The van der Waals surface area contributed by atoms with Crippen LogP contribution >= 0.6 is 0 Å². The van der Waals surface area contributed by atoms with Crippen LogP contribution in [0.2, 0.25) is 0 Å². The highest BCUT2D eigenvalue weighted by atomic mass is 16.1. The Morgan fingerprint density at radius 3 is 2.69 bits per heavy atom. The molecule has 0 fully saturated rings. The number of aromatic nitrogens is 2. The zero-order chi connectivity index (χ0) is 12.1. The number of anilines is 2. The minimum Gasteiger partial charge on any atom is -0.370 e. The molecule has 16 heavy (non-hydrogen) atoms. The van der Waals surface area contributed by atoms with E-state index in [0.717, 1.165) is 17.9 Å². The van der Waals surface area contributed by atoms with Crippen molar-refractivity contribution in [3.8, 4) is 0 Å². The largest absolute Gasteiger partial charge is 0.370 e. The summed E-state index contributed by atoms with van der Waals surface area (Å²) < 4.78 is 0. The van der Waals surface area contributed by atoms with Gasteiger partial charge >= 0.3 is 0 Å². The van der Waals surface area contributed by atoms with Crippen LogP contribution in [-0.4, -0.2) is 28.5 Å². The number of carbonyl (C=O) groups excluding carboxylic acids is 1. The van der Waals surface area contributed by atoms with Gasteiger partial charge in [-0.1, -0.05) is 0 Å². The first kappa shape index (κ1) is 12.2. The molecular weight excluding hydrogens is 206 g/mol. The second-order valence-corrected chi connectivity index (χ2v) is 3.49. The Labute approximate surface area is 94.7 Å². The third-order valence-corrected chi connectivity index (χ3v) is 2.21. The van der Waals surface area contributed by atoms with Crippen LogP contribution in [0.15, 0.2) is 6.33 Å². The van der Waals surface area contributed by atoms with E-state index in [1.54, 1.807) is 6.92 Å². The average molecular weight is 223 g/mol. The molecule has 0 saturated carbocycles. The Hall–Kier alpha value is -1.85. The van der Waals surface area contributed by atoms with Crippen LogP contribution in [-0.2, 0) is 4.79 Å². The maximum atomic E-state index is 10.9. The standard InChI is InChI=1S/C10H17N5O/c1-4-12-9-6(2)10(14-5-13-9)15-7(3)8(11)16/h5,7H,4H2,1-3H3,(H2,11,16)(H2,12,13,14,15). The number of hydrogen-bond donors (Lipinski definition) is 3. The van der Waals surface area contributed by atoms with Gasteiger partial charge in [-0.25, -0.2) is 9.97 Å². The first-order valence-corrected chi connectivity index (χ1v) is 5.17. The summed E-state index contributed by atoms with van der Waals surface area (Å²) >= 11 is 0. The molecule has 1 aromatic heterocycles. The SMILES string of the molecule is CCNc1ncnc(NC(C)C(N)=O)c1C. The van der Waals surface area contributed by atoms with Gasteiger partial charge in [0.25, 0.3) is 0 Å². The van der Waals surface area contributed by atoms with Crippen LogP contribution in [0, 0.1) is 6.92 Å². The van der Waals surface area contributed by atoms with Crippen LogP contribution < -0.4 is 16.4 Å². The van der Waals surface area contributed by atoms with Gasteiger partial charge in [0, 0.05) is 12.1 Å². The Kier molecular flexibility index (Phi) is 4.04. The van der Waals surface area contributed by atoms with Gasteiger partial charge < -0.3 is 16.4 Å². The zero-order valence-corrected chi connectivity index (χ0v) is 9.74. The van der Waals surface area contributed by atoms with Crippen molar-refractivity contribution in [2.24, 2.45) is 5.73 Å². The lowest BCUT2D eigenvalue weighted by Crippen LogP contribution is -2.33. The lowest BCUT2D eigenvalue weighted by atomic mass is 10.2. The Morgan fingerprint density at radius 1 is 1.50 bits per heavy atom. The molecule has 88 valence electrons. The van der Waals surface area contributed by atoms with E-state index >= 15 is 0 Å². The molecule has 4 N–H and O–H groups in total. The van der Waals surface area contributed by atoms with E-state index in [4.69, 9.17) is 5.73 Å². The summed E-state index contributed by atoms with van der Waals surface area (Å²) in [6.07, 6.45) is 1.45. The molecule has 1 unspecified atom stereocenters. The normalized spacial score (nSPS) is 11.9. The van der Waals surface area contributed by atoms with E-state index in [9.17, 15) is 4.79 Å². The summed E-state index contributed by atoms with van der Waals surface area (Å²) in [6, 6.07) is -0.455. The summed E-state index contributed by atoms with van der Waals surface area (Å²) in [7, 11) is 0. The van der Waals surface area contributed by atoms with Gasteiger partial charge in [-0.05, 0) is 20.8 Å². The lowest BCUT2D eigenvalue weighted by molar-refractivity contribution is -0.118.